The van der Waals surface area contributed by atoms with Crippen molar-refractivity contribution in [3.8, 4) is 5.69 Å². The first-order valence-corrected chi connectivity index (χ1v) is 7.89. The zero-order valence-electron chi connectivity index (χ0n) is 14.2. The number of hydrogen-bond donors (Lipinski definition) is 1. The van der Waals surface area contributed by atoms with E-state index in [0.29, 0.717) is 12.1 Å². The summed E-state index contributed by atoms with van der Waals surface area (Å²) >= 11 is 0. The zero-order valence-corrected chi connectivity index (χ0v) is 14.2. The molecule has 0 spiro atoms. The van der Waals surface area contributed by atoms with Crippen molar-refractivity contribution in [2.45, 2.75) is 6.92 Å². The van der Waals surface area contributed by atoms with E-state index in [0.717, 1.165) is 29.2 Å². The Hall–Kier alpha value is -2.73. The van der Waals surface area contributed by atoms with Crippen LogP contribution in [-0.4, -0.2) is 52.5 Å². The number of hydrogen-bond acceptors (Lipinski definition) is 4. The molecule has 0 atom stereocenters. The smallest absolute Gasteiger partial charge is 0.251 e. The first-order valence-electron chi connectivity index (χ1n) is 7.89. The standard InChI is InChI=1S/C18H21N5O/c1-13-21-16-8-5-9-19-17(16)23(13)15-7-4-6-14(12-15)18(24)20-10-11-22(2)3/h4-9,12H,10-11H2,1-3H3,(H,20,24). The summed E-state index contributed by atoms with van der Waals surface area (Å²) in [5.41, 5.74) is 3.15. The molecule has 0 aliphatic rings. The fraction of sp³-hybridized carbons (Fsp3) is 0.278. The lowest BCUT2D eigenvalue weighted by Crippen LogP contribution is -2.31. The number of aryl methyl sites for hydroxylation is 1. The Labute approximate surface area is 141 Å². The van der Waals surface area contributed by atoms with Crippen molar-refractivity contribution in [3.63, 3.8) is 0 Å². The molecule has 6 heteroatoms. The number of fused-ring (bicyclic) bond motifs is 1. The molecule has 1 N–H and O–H groups in total. The van der Waals surface area contributed by atoms with E-state index >= 15 is 0 Å². The largest absolute Gasteiger partial charge is 0.351 e. The van der Waals surface area contributed by atoms with Gasteiger partial charge in [0, 0.05) is 30.5 Å². The van der Waals surface area contributed by atoms with E-state index < -0.39 is 0 Å². The number of nitrogens with zero attached hydrogens (tertiary/aromatic N) is 4. The Kier molecular flexibility index (Phi) is 4.57. The molecule has 0 aliphatic carbocycles. The van der Waals surface area contributed by atoms with Crippen LogP contribution in [0.3, 0.4) is 0 Å². The second-order valence-corrected chi connectivity index (χ2v) is 5.95. The van der Waals surface area contributed by atoms with Gasteiger partial charge in [0.05, 0.1) is 0 Å². The second-order valence-electron chi connectivity index (χ2n) is 5.95. The Balaban J connectivity index is 1.90. The van der Waals surface area contributed by atoms with Gasteiger partial charge in [-0.1, -0.05) is 6.07 Å². The molecule has 24 heavy (non-hydrogen) atoms. The lowest BCUT2D eigenvalue weighted by atomic mass is 10.2. The SMILES string of the molecule is Cc1nc2cccnc2n1-c1cccc(C(=O)NCCN(C)C)c1. The highest BCUT2D eigenvalue weighted by molar-refractivity contribution is 5.94. The molecule has 0 aliphatic heterocycles. The fourth-order valence-electron chi connectivity index (χ4n) is 2.62. The van der Waals surface area contributed by atoms with Crippen LogP contribution in [0.15, 0.2) is 42.6 Å². The third-order valence-corrected chi connectivity index (χ3v) is 3.79. The first-order chi connectivity index (χ1) is 11.6. The number of nitrogens with one attached hydrogen (secondary N) is 1. The number of carbonyl (C=O) groups is 1. The Morgan fingerprint density at radius 1 is 1.25 bits per heavy atom. The summed E-state index contributed by atoms with van der Waals surface area (Å²) in [4.78, 5) is 23.3. The van der Waals surface area contributed by atoms with Gasteiger partial charge in [0.15, 0.2) is 5.65 Å². The molecule has 3 rings (SSSR count). The van der Waals surface area contributed by atoms with Crippen LogP contribution in [0.25, 0.3) is 16.9 Å². The van der Waals surface area contributed by atoms with Crippen LogP contribution in [0.1, 0.15) is 16.2 Å². The highest BCUT2D eigenvalue weighted by Gasteiger charge is 2.12. The lowest BCUT2D eigenvalue weighted by Gasteiger charge is -2.11. The highest BCUT2D eigenvalue weighted by atomic mass is 16.1. The van der Waals surface area contributed by atoms with Crippen LogP contribution in [0.5, 0.6) is 0 Å². The van der Waals surface area contributed by atoms with Gasteiger partial charge in [0.25, 0.3) is 5.91 Å². The Bertz CT molecular complexity index is 869. The van der Waals surface area contributed by atoms with Crippen molar-refractivity contribution in [3.05, 3.63) is 54.0 Å². The molecular formula is C18H21N5O. The molecule has 0 unspecified atom stereocenters. The Morgan fingerprint density at radius 2 is 2.08 bits per heavy atom. The van der Waals surface area contributed by atoms with Crippen LogP contribution in [0.2, 0.25) is 0 Å². The minimum absolute atomic E-state index is 0.0752. The second kappa shape index (κ2) is 6.80. The minimum atomic E-state index is -0.0752. The monoisotopic (exact) mass is 323 g/mol. The Morgan fingerprint density at radius 3 is 2.88 bits per heavy atom. The van der Waals surface area contributed by atoms with E-state index in [1.807, 2.05) is 66.9 Å². The number of aromatic nitrogens is 3. The number of imidazole rings is 1. The molecule has 1 amide bonds. The molecule has 0 fully saturated rings. The fourth-order valence-corrected chi connectivity index (χ4v) is 2.62. The van der Waals surface area contributed by atoms with Crippen LogP contribution < -0.4 is 5.32 Å². The lowest BCUT2D eigenvalue weighted by molar-refractivity contribution is 0.0951. The van der Waals surface area contributed by atoms with Crippen LogP contribution in [0, 0.1) is 6.92 Å². The molecule has 0 radical (unpaired) electrons. The summed E-state index contributed by atoms with van der Waals surface area (Å²) in [6.45, 7) is 3.36. The van der Waals surface area contributed by atoms with Gasteiger partial charge in [0.1, 0.15) is 11.3 Å². The average molecular weight is 323 g/mol. The predicted molar refractivity (Wildman–Crippen MR) is 94.5 cm³/mol. The molecule has 3 aromatic rings. The average Bonchev–Trinajstić information content (AvgIpc) is 2.90. The van der Waals surface area contributed by atoms with Gasteiger partial charge in [-0.25, -0.2) is 9.97 Å². The topological polar surface area (TPSA) is 63.1 Å². The van der Waals surface area contributed by atoms with E-state index in [1.165, 1.54) is 0 Å². The van der Waals surface area contributed by atoms with Gasteiger partial charge in [-0.05, 0) is 51.4 Å². The molecule has 6 nitrogen and oxygen atoms in total. The van der Waals surface area contributed by atoms with Gasteiger partial charge in [-0.15, -0.1) is 0 Å². The number of benzene rings is 1. The van der Waals surface area contributed by atoms with Crippen molar-refractivity contribution in [2.75, 3.05) is 27.2 Å². The normalized spacial score (nSPS) is 11.2. The maximum Gasteiger partial charge on any atom is 0.251 e. The number of carbonyl (C=O) groups excluding carboxylic acids is 1. The maximum atomic E-state index is 12.3. The first kappa shape index (κ1) is 16.1. The predicted octanol–water partition coefficient (Wildman–Crippen LogP) is 2.02. The van der Waals surface area contributed by atoms with Crippen LogP contribution >= 0.6 is 0 Å². The minimum Gasteiger partial charge on any atom is -0.351 e. The molecule has 1 aromatic carbocycles. The van der Waals surface area contributed by atoms with Crippen molar-refractivity contribution in [1.82, 2.24) is 24.8 Å². The number of amides is 1. The van der Waals surface area contributed by atoms with Crippen molar-refractivity contribution in [1.29, 1.82) is 0 Å². The van der Waals surface area contributed by atoms with Gasteiger partial charge >= 0.3 is 0 Å². The van der Waals surface area contributed by atoms with Crippen molar-refractivity contribution < 1.29 is 4.79 Å². The van der Waals surface area contributed by atoms with E-state index in [-0.39, 0.29) is 5.91 Å². The summed E-state index contributed by atoms with van der Waals surface area (Å²) in [6, 6.07) is 11.3. The van der Waals surface area contributed by atoms with Gasteiger partial charge < -0.3 is 10.2 Å². The quantitative estimate of drug-likeness (QED) is 0.780. The van der Waals surface area contributed by atoms with E-state index in [4.69, 9.17) is 0 Å². The van der Waals surface area contributed by atoms with E-state index in [2.05, 4.69) is 15.3 Å². The third kappa shape index (κ3) is 3.28. The zero-order chi connectivity index (χ0) is 17.1. The van der Waals surface area contributed by atoms with Gasteiger partial charge in [0.2, 0.25) is 0 Å². The van der Waals surface area contributed by atoms with Crippen LogP contribution in [-0.2, 0) is 0 Å². The molecule has 0 bridgehead atoms. The molecule has 2 aromatic heterocycles. The summed E-state index contributed by atoms with van der Waals surface area (Å²) in [7, 11) is 3.96. The summed E-state index contributed by atoms with van der Waals surface area (Å²) < 4.78 is 1.96. The molecule has 2 heterocycles. The summed E-state index contributed by atoms with van der Waals surface area (Å²) in [6.07, 6.45) is 1.75. The van der Waals surface area contributed by atoms with Gasteiger partial charge in [-0.3, -0.25) is 9.36 Å². The third-order valence-electron chi connectivity index (χ3n) is 3.79. The molecule has 0 saturated heterocycles. The molecular weight excluding hydrogens is 302 g/mol. The number of rotatable bonds is 5. The van der Waals surface area contributed by atoms with E-state index in [1.54, 1.807) is 6.20 Å². The maximum absolute atomic E-state index is 12.3. The van der Waals surface area contributed by atoms with Crippen molar-refractivity contribution >= 4 is 17.1 Å². The van der Waals surface area contributed by atoms with Gasteiger partial charge in [-0.2, -0.15) is 0 Å². The summed E-state index contributed by atoms with van der Waals surface area (Å²) in [5, 5.41) is 2.93. The van der Waals surface area contributed by atoms with Crippen molar-refractivity contribution in [2.24, 2.45) is 0 Å². The molecule has 124 valence electrons. The summed E-state index contributed by atoms with van der Waals surface area (Å²) in [5.74, 6) is 0.766. The number of likely N-dealkylation sites (N-methyl/N-ethyl adjacent to an activating group) is 1. The van der Waals surface area contributed by atoms with E-state index in [9.17, 15) is 4.79 Å². The van der Waals surface area contributed by atoms with Crippen LogP contribution in [0.4, 0.5) is 0 Å². The highest BCUT2D eigenvalue weighted by Crippen LogP contribution is 2.20. The molecule has 0 saturated carbocycles. The number of pyridine rings is 1.